The van der Waals surface area contributed by atoms with Crippen LogP contribution in [0.25, 0.3) is 5.57 Å². The highest BCUT2D eigenvalue weighted by molar-refractivity contribution is 5.81. The molecule has 1 atom stereocenters. The summed E-state index contributed by atoms with van der Waals surface area (Å²) < 4.78 is 5.23. The number of carbonyl (C=O) groups excluding carboxylic acids is 1. The molecule has 22 heavy (non-hydrogen) atoms. The fourth-order valence-electron chi connectivity index (χ4n) is 2.27. The van der Waals surface area contributed by atoms with Gasteiger partial charge in [0, 0.05) is 0 Å². The molecule has 2 heteroatoms. The van der Waals surface area contributed by atoms with Gasteiger partial charge in [-0.15, -0.1) is 0 Å². The van der Waals surface area contributed by atoms with Crippen molar-refractivity contribution in [3.63, 3.8) is 0 Å². The third-order valence-corrected chi connectivity index (χ3v) is 3.66. The van der Waals surface area contributed by atoms with Crippen LogP contribution in [0.1, 0.15) is 42.9 Å². The number of esters is 1. The summed E-state index contributed by atoms with van der Waals surface area (Å²) in [6.07, 6.45) is 0.837. The smallest absolute Gasteiger partial charge is 0.313 e. The second kappa shape index (κ2) is 7.60. The van der Waals surface area contributed by atoms with E-state index < -0.39 is 0 Å². The summed E-state index contributed by atoms with van der Waals surface area (Å²) in [4.78, 5) is 12.0. The topological polar surface area (TPSA) is 26.3 Å². The molecule has 0 bridgehead atoms. The number of rotatable bonds is 6. The number of carbonyl (C=O) groups is 1. The number of hydrogen-bond acceptors (Lipinski definition) is 2. The van der Waals surface area contributed by atoms with Crippen molar-refractivity contribution >= 4 is 11.5 Å². The molecular formula is C20H22O2. The lowest BCUT2D eigenvalue weighted by Gasteiger charge is -2.13. The molecule has 0 heterocycles. The van der Waals surface area contributed by atoms with E-state index in [0.29, 0.717) is 6.61 Å². The maximum Gasteiger partial charge on any atom is 0.313 e. The maximum atomic E-state index is 12.0. The Labute approximate surface area is 132 Å². The zero-order valence-electron chi connectivity index (χ0n) is 13.2. The Bertz CT molecular complexity index is 644. The first-order chi connectivity index (χ1) is 10.6. The SMILES string of the molecule is C=C(c1ccccc1)c1cccc(C(C)C(=O)OCCC)c1. The molecule has 0 N–H and O–H groups in total. The molecule has 0 aromatic heterocycles. The Morgan fingerprint density at radius 3 is 2.45 bits per heavy atom. The summed E-state index contributed by atoms with van der Waals surface area (Å²) in [5.74, 6) is -0.445. The summed E-state index contributed by atoms with van der Waals surface area (Å²) in [5.41, 5.74) is 4.02. The van der Waals surface area contributed by atoms with Crippen molar-refractivity contribution < 1.29 is 9.53 Å². The lowest BCUT2D eigenvalue weighted by atomic mass is 9.94. The Morgan fingerprint density at radius 1 is 1.09 bits per heavy atom. The molecule has 0 aliphatic rings. The molecule has 0 aliphatic heterocycles. The second-order valence-corrected chi connectivity index (χ2v) is 5.36. The molecule has 0 radical (unpaired) electrons. The van der Waals surface area contributed by atoms with Gasteiger partial charge in [-0.1, -0.05) is 68.1 Å². The molecule has 0 spiro atoms. The minimum absolute atomic E-state index is 0.177. The lowest BCUT2D eigenvalue weighted by Crippen LogP contribution is -2.13. The average molecular weight is 294 g/mol. The van der Waals surface area contributed by atoms with Gasteiger partial charge < -0.3 is 4.74 Å². The molecule has 2 rings (SSSR count). The number of hydrogen-bond donors (Lipinski definition) is 0. The molecular weight excluding hydrogens is 272 g/mol. The van der Waals surface area contributed by atoms with Gasteiger partial charge in [-0.25, -0.2) is 0 Å². The van der Waals surface area contributed by atoms with Crippen molar-refractivity contribution in [2.75, 3.05) is 6.61 Å². The second-order valence-electron chi connectivity index (χ2n) is 5.36. The van der Waals surface area contributed by atoms with Crippen LogP contribution in [0.2, 0.25) is 0 Å². The Morgan fingerprint density at radius 2 is 1.77 bits per heavy atom. The predicted molar refractivity (Wildman–Crippen MR) is 90.7 cm³/mol. The third kappa shape index (κ3) is 3.85. The normalized spacial score (nSPS) is 11.7. The van der Waals surface area contributed by atoms with E-state index in [9.17, 15) is 4.79 Å². The first-order valence-corrected chi connectivity index (χ1v) is 7.64. The van der Waals surface area contributed by atoms with Crippen LogP contribution < -0.4 is 0 Å². The van der Waals surface area contributed by atoms with E-state index in [1.165, 1.54) is 0 Å². The molecule has 0 saturated carbocycles. The summed E-state index contributed by atoms with van der Waals surface area (Å²) >= 11 is 0. The zero-order valence-corrected chi connectivity index (χ0v) is 13.2. The summed E-state index contributed by atoms with van der Waals surface area (Å²) in [6.45, 7) is 8.51. The van der Waals surface area contributed by atoms with Gasteiger partial charge in [0.05, 0.1) is 12.5 Å². The van der Waals surface area contributed by atoms with Crippen LogP contribution >= 0.6 is 0 Å². The van der Waals surface area contributed by atoms with E-state index in [2.05, 4.69) is 6.58 Å². The van der Waals surface area contributed by atoms with Crippen LogP contribution in [-0.4, -0.2) is 12.6 Å². The van der Waals surface area contributed by atoms with Crippen molar-refractivity contribution in [2.45, 2.75) is 26.2 Å². The van der Waals surface area contributed by atoms with E-state index in [1.807, 2.05) is 68.4 Å². The van der Waals surface area contributed by atoms with Gasteiger partial charge in [0.1, 0.15) is 0 Å². The monoisotopic (exact) mass is 294 g/mol. The molecule has 114 valence electrons. The molecule has 2 nitrogen and oxygen atoms in total. The van der Waals surface area contributed by atoms with Crippen LogP contribution in [-0.2, 0) is 9.53 Å². The first-order valence-electron chi connectivity index (χ1n) is 7.64. The molecule has 0 amide bonds. The zero-order chi connectivity index (χ0) is 15.9. The van der Waals surface area contributed by atoms with Gasteiger partial charge in [0.2, 0.25) is 0 Å². The molecule has 0 aliphatic carbocycles. The van der Waals surface area contributed by atoms with E-state index in [0.717, 1.165) is 28.7 Å². The van der Waals surface area contributed by atoms with Gasteiger partial charge >= 0.3 is 5.97 Å². The predicted octanol–water partition coefficient (Wildman–Crippen LogP) is 4.80. The van der Waals surface area contributed by atoms with Gasteiger partial charge in [0.25, 0.3) is 0 Å². The van der Waals surface area contributed by atoms with Gasteiger partial charge in [-0.2, -0.15) is 0 Å². The van der Waals surface area contributed by atoms with Crippen LogP contribution in [0.15, 0.2) is 61.2 Å². The van der Waals surface area contributed by atoms with Gasteiger partial charge in [-0.3, -0.25) is 4.79 Å². The van der Waals surface area contributed by atoms with Crippen molar-refractivity contribution in [1.82, 2.24) is 0 Å². The average Bonchev–Trinajstić information content (AvgIpc) is 2.59. The van der Waals surface area contributed by atoms with Crippen LogP contribution in [0, 0.1) is 0 Å². The molecule has 2 aromatic rings. The van der Waals surface area contributed by atoms with E-state index in [4.69, 9.17) is 4.74 Å². The summed E-state index contributed by atoms with van der Waals surface area (Å²) in [7, 11) is 0. The molecule has 0 saturated heterocycles. The minimum atomic E-state index is -0.268. The Hall–Kier alpha value is -2.35. The number of ether oxygens (including phenoxy) is 1. The standard InChI is InChI=1S/C20H22O2/c1-4-13-22-20(21)16(3)19-12-8-11-18(14-19)15(2)17-9-6-5-7-10-17/h5-12,14,16H,2,4,13H2,1,3H3. The molecule has 1 unspecified atom stereocenters. The highest BCUT2D eigenvalue weighted by atomic mass is 16.5. The van der Waals surface area contributed by atoms with E-state index >= 15 is 0 Å². The van der Waals surface area contributed by atoms with Crippen LogP contribution in [0.4, 0.5) is 0 Å². The van der Waals surface area contributed by atoms with Crippen LogP contribution in [0.3, 0.4) is 0 Å². The maximum absolute atomic E-state index is 12.0. The first kappa shape index (κ1) is 16.0. The Balaban J connectivity index is 2.20. The van der Waals surface area contributed by atoms with Gasteiger partial charge in [0.15, 0.2) is 0 Å². The van der Waals surface area contributed by atoms with Crippen molar-refractivity contribution in [3.8, 4) is 0 Å². The largest absolute Gasteiger partial charge is 0.465 e. The fraction of sp³-hybridized carbons (Fsp3) is 0.250. The summed E-state index contributed by atoms with van der Waals surface area (Å²) in [6, 6.07) is 18.0. The number of benzene rings is 2. The quantitative estimate of drug-likeness (QED) is 0.715. The third-order valence-electron chi connectivity index (χ3n) is 3.66. The molecule has 2 aromatic carbocycles. The molecule has 0 fully saturated rings. The summed E-state index contributed by atoms with van der Waals surface area (Å²) in [5, 5.41) is 0. The van der Waals surface area contributed by atoms with Crippen molar-refractivity contribution in [3.05, 3.63) is 77.9 Å². The van der Waals surface area contributed by atoms with Crippen molar-refractivity contribution in [1.29, 1.82) is 0 Å². The lowest BCUT2D eigenvalue weighted by molar-refractivity contribution is -0.145. The fourth-order valence-corrected chi connectivity index (χ4v) is 2.27. The van der Waals surface area contributed by atoms with E-state index in [1.54, 1.807) is 0 Å². The Kier molecular flexibility index (Phi) is 5.54. The van der Waals surface area contributed by atoms with E-state index in [-0.39, 0.29) is 11.9 Å². The highest BCUT2D eigenvalue weighted by Crippen LogP contribution is 2.25. The van der Waals surface area contributed by atoms with Crippen molar-refractivity contribution in [2.24, 2.45) is 0 Å². The van der Waals surface area contributed by atoms with Crippen LogP contribution in [0.5, 0.6) is 0 Å². The van der Waals surface area contributed by atoms with Gasteiger partial charge in [-0.05, 0) is 35.6 Å². The highest BCUT2D eigenvalue weighted by Gasteiger charge is 2.17. The minimum Gasteiger partial charge on any atom is -0.465 e.